The van der Waals surface area contributed by atoms with Crippen molar-refractivity contribution in [3.05, 3.63) is 42.1 Å². The number of carboxylic acids is 1. The molecule has 2 N–H and O–H groups in total. The van der Waals surface area contributed by atoms with E-state index in [2.05, 4.69) is 10.3 Å². The van der Waals surface area contributed by atoms with Gasteiger partial charge in [-0.25, -0.2) is 0 Å². The van der Waals surface area contributed by atoms with Gasteiger partial charge in [0.15, 0.2) is 0 Å². The number of nitrogens with zero attached hydrogens (tertiary/aromatic N) is 1. The summed E-state index contributed by atoms with van der Waals surface area (Å²) in [5, 5.41) is 13.9. The summed E-state index contributed by atoms with van der Waals surface area (Å²) in [4.78, 5) is 16.3. The summed E-state index contributed by atoms with van der Waals surface area (Å²) in [5.74, 6) is -0.700. The fourth-order valence-corrected chi connectivity index (χ4v) is 2.92. The van der Waals surface area contributed by atoms with Gasteiger partial charge in [0.25, 0.3) is 0 Å². The second-order valence-electron chi connectivity index (χ2n) is 5.51. The van der Waals surface area contributed by atoms with Crippen molar-refractivity contribution in [1.82, 2.24) is 10.3 Å². The molecule has 20 heavy (non-hydrogen) atoms. The molecule has 0 amide bonds. The van der Waals surface area contributed by atoms with Crippen LogP contribution in [-0.4, -0.2) is 29.1 Å². The van der Waals surface area contributed by atoms with E-state index in [4.69, 9.17) is 0 Å². The molecule has 0 saturated carbocycles. The van der Waals surface area contributed by atoms with Crippen molar-refractivity contribution >= 4 is 16.9 Å². The zero-order chi connectivity index (χ0) is 14.0. The predicted molar refractivity (Wildman–Crippen MR) is 77.6 cm³/mol. The van der Waals surface area contributed by atoms with E-state index in [0.717, 1.165) is 29.7 Å². The summed E-state index contributed by atoms with van der Waals surface area (Å²) in [6.07, 6.45) is 1.84. The molecule has 1 saturated heterocycles. The molecule has 0 spiro atoms. The van der Waals surface area contributed by atoms with Crippen LogP contribution in [0, 0.1) is 5.41 Å². The molecule has 104 valence electrons. The summed E-state index contributed by atoms with van der Waals surface area (Å²) in [7, 11) is 0. The van der Waals surface area contributed by atoms with E-state index in [-0.39, 0.29) is 0 Å². The summed E-state index contributed by atoms with van der Waals surface area (Å²) in [5.41, 5.74) is 1.13. The summed E-state index contributed by atoms with van der Waals surface area (Å²) < 4.78 is 0. The highest BCUT2D eigenvalue weighted by Crippen LogP contribution is 2.33. The molecule has 1 fully saturated rings. The van der Waals surface area contributed by atoms with Crippen molar-refractivity contribution in [2.75, 3.05) is 13.1 Å². The van der Waals surface area contributed by atoms with Crippen LogP contribution in [0.3, 0.4) is 0 Å². The fraction of sp³-hybridized carbons (Fsp3) is 0.375. The smallest absolute Gasteiger partial charge is 0.310 e. The highest BCUT2D eigenvalue weighted by atomic mass is 16.4. The summed E-state index contributed by atoms with van der Waals surface area (Å²) in [6.45, 7) is 1.53. The van der Waals surface area contributed by atoms with Gasteiger partial charge < -0.3 is 10.4 Å². The molecule has 1 aromatic heterocycles. The molecule has 0 unspecified atom stereocenters. The molecule has 3 rings (SSSR count). The van der Waals surface area contributed by atoms with Crippen molar-refractivity contribution in [1.29, 1.82) is 0 Å². The third kappa shape index (κ3) is 2.39. The maximum absolute atomic E-state index is 11.7. The maximum Gasteiger partial charge on any atom is 0.310 e. The SMILES string of the molecule is O=C(O)C1(Cc2ccc3ccccc3n2)CCNCC1. The van der Waals surface area contributed by atoms with Crippen LogP contribution >= 0.6 is 0 Å². The lowest BCUT2D eigenvalue weighted by Gasteiger charge is -2.33. The van der Waals surface area contributed by atoms with E-state index in [1.807, 2.05) is 36.4 Å². The molecular formula is C16H18N2O2. The van der Waals surface area contributed by atoms with Crippen molar-refractivity contribution < 1.29 is 9.90 Å². The number of carbonyl (C=O) groups is 1. The minimum Gasteiger partial charge on any atom is -0.481 e. The molecule has 0 radical (unpaired) electrons. The van der Waals surface area contributed by atoms with Crippen molar-refractivity contribution in [3.63, 3.8) is 0 Å². The van der Waals surface area contributed by atoms with E-state index in [1.54, 1.807) is 0 Å². The van der Waals surface area contributed by atoms with E-state index < -0.39 is 11.4 Å². The van der Waals surface area contributed by atoms with Crippen molar-refractivity contribution in [2.24, 2.45) is 5.41 Å². The molecule has 2 aromatic rings. The van der Waals surface area contributed by atoms with Crippen LogP contribution in [0.15, 0.2) is 36.4 Å². The zero-order valence-electron chi connectivity index (χ0n) is 11.3. The topological polar surface area (TPSA) is 62.2 Å². The standard InChI is InChI=1S/C16H18N2O2/c19-15(20)16(7-9-17-10-8-16)11-13-6-5-12-3-1-2-4-14(12)18-13/h1-6,17H,7-11H2,(H,19,20). The number of para-hydroxylation sites is 1. The van der Waals surface area contributed by atoms with Gasteiger partial charge >= 0.3 is 5.97 Å². The molecule has 1 aliphatic rings. The minimum atomic E-state index is -0.700. The number of hydrogen-bond acceptors (Lipinski definition) is 3. The number of carboxylic acid groups (broad SMARTS) is 1. The van der Waals surface area contributed by atoms with Crippen LogP contribution in [0.4, 0.5) is 0 Å². The summed E-state index contributed by atoms with van der Waals surface area (Å²) >= 11 is 0. The number of fused-ring (bicyclic) bond motifs is 1. The predicted octanol–water partition coefficient (Wildman–Crippen LogP) is 2.23. The Bertz CT molecular complexity index is 633. The molecule has 0 atom stereocenters. The van der Waals surface area contributed by atoms with Gasteiger partial charge in [0.2, 0.25) is 0 Å². The van der Waals surface area contributed by atoms with Crippen LogP contribution in [0.1, 0.15) is 18.5 Å². The first kappa shape index (κ1) is 13.1. The highest BCUT2D eigenvalue weighted by molar-refractivity contribution is 5.79. The monoisotopic (exact) mass is 270 g/mol. The van der Waals surface area contributed by atoms with E-state index in [1.165, 1.54) is 0 Å². The molecule has 0 bridgehead atoms. The van der Waals surface area contributed by atoms with Crippen LogP contribution < -0.4 is 5.32 Å². The molecule has 4 heteroatoms. The van der Waals surface area contributed by atoms with E-state index in [9.17, 15) is 9.90 Å². The van der Waals surface area contributed by atoms with E-state index >= 15 is 0 Å². The van der Waals surface area contributed by atoms with Crippen LogP contribution in [0.25, 0.3) is 10.9 Å². The first-order valence-corrected chi connectivity index (χ1v) is 6.98. The zero-order valence-corrected chi connectivity index (χ0v) is 11.3. The van der Waals surface area contributed by atoms with Crippen LogP contribution in [0.2, 0.25) is 0 Å². The average Bonchev–Trinajstić information content (AvgIpc) is 2.48. The third-order valence-electron chi connectivity index (χ3n) is 4.19. The van der Waals surface area contributed by atoms with Gasteiger partial charge in [-0.15, -0.1) is 0 Å². The lowest BCUT2D eigenvalue weighted by atomic mass is 9.75. The first-order chi connectivity index (χ1) is 9.70. The number of benzene rings is 1. The molecule has 1 aliphatic heterocycles. The van der Waals surface area contributed by atoms with Crippen LogP contribution in [0.5, 0.6) is 0 Å². The minimum absolute atomic E-state index is 0.509. The Kier molecular flexibility index (Phi) is 3.40. The Labute approximate surface area is 117 Å². The normalized spacial score (nSPS) is 18.0. The number of piperidine rings is 1. The Balaban J connectivity index is 1.92. The Morgan fingerprint density at radius 2 is 1.95 bits per heavy atom. The van der Waals surface area contributed by atoms with Crippen molar-refractivity contribution in [2.45, 2.75) is 19.3 Å². The number of aromatic nitrogens is 1. The first-order valence-electron chi connectivity index (χ1n) is 6.98. The Morgan fingerprint density at radius 1 is 1.20 bits per heavy atom. The number of nitrogens with one attached hydrogen (secondary N) is 1. The van der Waals surface area contributed by atoms with Gasteiger partial charge in [-0.05, 0) is 38.1 Å². The van der Waals surface area contributed by atoms with Crippen molar-refractivity contribution in [3.8, 4) is 0 Å². The van der Waals surface area contributed by atoms with Crippen LogP contribution in [-0.2, 0) is 11.2 Å². The number of rotatable bonds is 3. The van der Waals surface area contributed by atoms with Gasteiger partial charge in [-0.1, -0.05) is 24.3 Å². The fourth-order valence-electron chi connectivity index (χ4n) is 2.92. The molecule has 1 aromatic carbocycles. The lowest BCUT2D eigenvalue weighted by molar-refractivity contribution is -0.150. The Morgan fingerprint density at radius 3 is 2.70 bits per heavy atom. The highest BCUT2D eigenvalue weighted by Gasteiger charge is 2.40. The molecule has 4 nitrogen and oxygen atoms in total. The Hall–Kier alpha value is -1.94. The third-order valence-corrected chi connectivity index (χ3v) is 4.19. The lowest BCUT2D eigenvalue weighted by Crippen LogP contribution is -2.43. The molecule has 2 heterocycles. The average molecular weight is 270 g/mol. The molecular weight excluding hydrogens is 252 g/mol. The van der Waals surface area contributed by atoms with Gasteiger partial charge in [0.1, 0.15) is 0 Å². The maximum atomic E-state index is 11.7. The second kappa shape index (κ2) is 5.21. The van der Waals surface area contributed by atoms with E-state index in [0.29, 0.717) is 19.3 Å². The van der Waals surface area contributed by atoms with Gasteiger partial charge in [-0.3, -0.25) is 9.78 Å². The quantitative estimate of drug-likeness (QED) is 0.898. The second-order valence-corrected chi connectivity index (χ2v) is 5.51. The number of pyridine rings is 1. The van der Waals surface area contributed by atoms with Gasteiger partial charge in [-0.2, -0.15) is 0 Å². The van der Waals surface area contributed by atoms with Gasteiger partial charge in [0, 0.05) is 17.5 Å². The van der Waals surface area contributed by atoms with Gasteiger partial charge in [0.05, 0.1) is 10.9 Å². The summed E-state index contributed by atoms with van der Waals surface area (Å²) in [6, 6.07) is 11.9. The largest absolute Gasteiger partial charge is 0.481 e. The molecule has 0 aliphatic carbocycles. The number of hydrogen-bond donors (Lipinski definition) is 2. The number of aliphatic carboxylic acids is 1.